The second-order valence-electron chi connectivity index (χ2n) is 26.4. The van der Waals surface area contributed by atoms with Gasteiger partial charge in [0.2, 0.25) is 5.91 Å². The van der Waals surface area contributed by atoms with Crippen molar-refractivity contribution in [2.75, 3.05) is 46.7 Å². The molecule has 16 nitrogen and oxygen atoms in total. The molecular formula is C65H103F6N3O13P2. The number of carbonyl (C=O) groups is 2. The van der Waals surface area contributed by atoms with Crippen molar-refractivity contribution in [2.24, 2.45) is 17.8 Å². The Morgan fingerprint density at radius 1 is 0.787 bits per heavy atom. The first kappa shape index (κ1) is 76.1. The predicted octanol–water partition coefficient (Wildman–Crippen LogP) is 10.9. The Morgan fingerprint density at radius 2 is 1.38 bits per heavy atom. The van der Waals surface area contributed by atoms with Crippen LogP contribution in [-0.4, -0.2) is 179 Å². The fourth-order valence-corrected chi connectivity index (χ4v) is 14.3. The van der Waals surface area contributed by atoms with E-state index in [4.69, 9.17) is 28.4 Å². The second kappa shape index (κ2) is 30.6. The van der Waals surface area contributed by atoms with Gasteiger partial charge in [0.25, 0.3) is 0 Å². The Bertz CT molecular complexity index is 2710. The molecular weight excluding hydrogens is 1210 g/mol. The van der Waals surface area contributed by atoms with Crippen LogP contribution in [-0.2, 0) is 44.4 Å². The first-order chi connectivity index (χ1) is 41.1. The Morgan fingerprint density at radius 3 is 1.97 bits per heavy atom. The molecule has 0 aliphatic carbocycles. The number of cyclic esters (lactones) is 1. The van der Waals surface area contributed by atoms with Crippen LogP contribution in [0.5, 0.6) is 0 Å². The van der Waals surface area contributed by atoms with Crippen molar-refractivity contribution in [3.63, 3.8) is 0 Å². The van der Waals surface area contributed by atoms with Crippen LogP contribution in [0, 0.1) is 17.8 Å². The van der Waals surface area contributed by atoms with E-state index in [1.54, 1.807) is 53.4 Å². The summed E-state index contributed by atoms with van der Waals surface area (Å²) in [4.78, 5) is 35.1. The average molecular weight is 1310 g/mol. The molecule has 3 aromatic carbocycles. The Balaban J connectivity index is 0.00000194. The molecule has 0 spiro atoms. The van der Waals surface area contributed by atoms with Crippen molar-refractivity contribution in [3.05, 3.63) is 78.4 Å². The van der Waals surface area contributed by atoms with E-state index in [2.05, 4.69) is 77.7 Å². The van der Waals surface area contributed by atoms with E-state index in [1.807, 2.05) is 46.9 Å². The van der Waals surface area contributed by atoms with Gasteiger partial charge in [0.05, 0.1) is 66.8 Å². The number of hydrogen-bond acceptors (Lipinski definition) is 15. The zero-order chi connectivity index (χ0) is 66.8. The monoisotopic (exact) mass is 1310 g/mol. The van der Waals surface area contributed by atoms with Crippen LogP contribution in [0.15, 0.2) is 72.8 Å². The number of methoxy groups -OCH3 is 1. The standard InChI is InChI=1S/C65H102N3O13P.F6P/c1-16-53-65(10,75)58(71)44(6)68(54(69)28-24-19-17-18-21-25-48-36-47(46-29-32-49(33-30-46)66(11)12)31-34-52(48)82-50-26-22-20-23-27-50)39-40(2)37-63(8,74)60(81-62-56(70)51(67(13)14)35-41(3)77-62)42(4)57(43(5)61(73)79-53)80-55-38-64(9,76-15)59(72)45(7)78-55;1-7(2,3,4,5)6/h20,22-23,26-27,29-34,36,40-45,51,53,55-60,62,70-72,74-75,82H,16-19,21,24-25,28,35,37-39H2,1-15H3;/q;-1/p+1/t40-,41-,42+,43-,44-,45+,51+,53-,55+,56-,57+,58-,59+,60-,62+,63-,64-,65-;/m1./s1. The van der Waals surface area contributed by atoms with Gasteiger partial charge in [0.15, 0.2) is 12.6 Å². The van der Waals surface area contributed by atoms with Gasteiger partial charge in [-0.3, -0.25) is 9.59 Å². The number of halogens is 6. The van der Waals surface area contributed by atoms with Crippen LogP contribution < -0.4 is 15.5 Å². The van der Waals surface area contributed by atoms with E-state index < -0.39 is 110 Å². The first-order valence-corrected chi connectivity index (χ1v) is 34.4. The summed E-state index contributed by atoms with van der Waals surface area (Å²) in [5, 5.41) is 63.4. The van der Waals surface area contributed by atoms with Gasteiger partial charge >= 0.3 is 39.0 Å². The van der Waals surface area contributed by atoms with Gasteiger partial charge in [0.1, 0.15) is 30.0 Å². The summed E-state index contributed by atoms with van der Waals surface area (Å²) >= 11 is 0. The van der Waals surface area contributed by atoms with Crippen molar-refractivity contribution < 1.29 is 88.7 Å². The number of hydrogen-bond donors (Lipinski definition) is 5. The van der Waals surface area contributed by atoms with Gasteiger partial charge in [-0.1, -0.05) is 76.4 Å². The fraction of sp³-hybridized carbons (Fsp3) is 0.692. The molecule has 0 bridgehead atoms. The van der Waals surface area contributed by atoms with Gasteiger partial charge in [-0.2, -0.15) is 0 Å². The molecule has 0 saturated carbocycles. The van der Waals surface area contributed by atoms with Gasteiger partial charge in [-0.05, 0) is 160 Å². The van der Waals surface area contributed by atoms with Crippen LogP contribution in [0.2, 0.25) is 0 Å². The number of rotatable bonds is 19. The number of nitrogens with zero attached hydrogens (tertiary/aromatic N) is 3. The predicted molar refractivity (Wildman–Crippen MR) is 340 cm³/mol. The Labute approximate surface area is 525 Å². The Kier molecular flexibility index (Phi) is 26.2. The zero-order valence-electron chi connectivity index (χ0n) is 54.7. The van der Waals surface area contributed by atoms with Crippen molar-refractivity contribution in [2.45, 2.75) is 230 Å². The van der Waals surface area contributed by atoms with Crippen LogP contribution in [0.25, 0.3) is 11.1 Å². The number of anilines is 1. The third-order valence-electron chi connectivity index (χ3n) is 18.1. The van der Waals surface area contributed by atoms with E-state index in [-0.39, 0.29) is 58.9 Å². The number of aryl methyl sites for hydroxylation is 1. The minimum atomic E-state index is -10.7. The summed E-state index contributed by atoms with van der Waals surface area (Å²) in [5.74, 6) is -3.31. The van der Waals surface area contributed by atoms with Crippen molar-refractivity contribution in [1.82, 2.24) is 9.80 Å². The molecule has 19 atom stereocenters. The number of carbonyl (C=O) groups excluding carboxylic acids is 2. The molecule has 3 fully saturated rings. The molecule has 6 rings (SSSR count). The van der Waals surface area contributed by atoms with Crippen molar-refractivity contribution in [3.8, 4) is 11.1 Å². The molecule has 3 heterocycles. The molecule has 5 N–H and O–H groups in total. The maximum atomic E-state index is 14.7. The zero-order valence-corrected chi connectivity index (χ0v) is 56.8. The molecule has 3 aliphatic heterocycles. The van der Waals surface area contributed by atoms with E-state index >= 15 is 0 Å². The SMILES string of the molecule is CC[C@H]1OC(=O)[C@H](C)[C@@H](O[C@H]2C[C@@](C)(OC)[C@@H](O)[C@H](C)O2)[C@H](C)[C@@H](O[C@@H]2O[C@H](C)C[C@H](N(C)C)[C@H]2O)[C@](C)(O)C[C@@H](C)CN(C(=O)CCCCCCCc2cc(-c3ccc(N(C)C)cc3)ccc2[PH2+]c2ccccc2)[C@H](C)[C@@H](O)[C@]1(C)O.F[P-](F)(F)(F)(F)F. The van der Waals surface area contributed by atoms with Gasteiger partial charge < -0.3 is 68.7 Å². The number of esters is 1. The number of aliphatic hydroxyl groups excluding tert-OH is 3. The summed E-state index contributed by atoms with van der Waals surface area (Å²) in [6, 6.07) is 25.0. The van der Waals surface area contributed by atoms with Crippen LogP contribution in [0.4, 0.5) is 30.9 Å². The van der Waals surface area contributed by atoms with Crippen molar-refractivity contribution in [1.29, 1.82) is 0 Å². The summed E-state index contributed by atoms with van der Waals surface area (Å²) in [6.07, 6.45) is -4.04. The van der Waals surface area contributed by atoms with E-state index in [9.17, 15) is 60.3 Å². The number of likely N-dealkylation sites (N-methyl/N-ethyl adjacent to an activating group) is 1. The Hall–Kier alpha value is -3.60. The summed E-state index contributed by atoms with van der Waals surface area (Å²) < 4.78 is 97.5. The molecule has 3 aliphatic rings. The minimum absolute atomic E-state index is 0.0642. The van der Waals surface area contributed by atoms with E-state index in [0.29, 0.717) is 12.8 Å². The number of amides is 1. The van der Waals surface area contributed by atoms with Gasteiger partial charge in [0, 0.05) is 58.2 Å². The first-order valence-electron chi connectivity index (χ1n) is 31.3. The molecule has 0 radical (unpaired) electrons. The quantitative estimate of drug-likeness (QED) is 0.0328. The normalized spacial score (nSPS) is 34.6. The van der Waals surface area contributed by atoms with Crippen LogP contribution in [0.1, 0.15) is 139 Å². The molecule has 0 aromatic heterocycles. The van der Waals surface area contributed by atoms with Gasteiger partial charge in [-0.25, -0.2) is 0 Å². The van der Waals surface area contributed by atoms with Crippen LogP contribution in [0.3, 0.4) is 0 Å². The summed E-state index contributed by atoms with van der Waals surface area (Å²) in [7, 11) is -1.37. The summed E-state index contributed by atoms with van der Waals surface area (Å²) in [5.41, 5.74) is 0.111. The molecule has 89 heavy (non-hydrogen) atoms. The van der Waals surface area contributed by atoms with Crippen molar-refractivity contribution >= 4 is 44.6 Å². The number of aliphatic hydroxyl groups is 5. The number of unbranched alkanes of at least 4 members (excludes halogenated alkanes) is 4. The third kappa shape index (κ3) is 22.3. The molecule has 3 saturated heterocycles. The molecule has 1 unspecified atom stereocenters. The topological polar surface area (TPSA) is 200 Å². The van der Waals surface area contributed by atoms with E-state index in [0.717, 1.165) is 37.8 Å². The molecule has 3 aromatic rings. The summed E-state index contributed by atoms with van der Waals surface area (Å²) in [6.45, 7) is 17.4. The number of benzene rings is 3. The van der Waals surface area contributed by atoms with Crippen LogP contribution >= 0.6 is 16.4 Å². The fourth-order valence-electron chi connectivity index (χ4n) is 12.9. The van der Waals surface area contributed by atoms with E-state index in [1.165, 1.54) is 41.3 Å². The average Bonchev–Trinajstić information content (AvgIpc) is 1.66. The number of ether oxygens (including phenoxy) is 6. The second-order valence-corrected chi connectivity index (χ2v) is 29.9. The third-order valence-corrected chi connectivity index (χ3v) is 19.6. The molecule has 1 amide bonds. The molecule has 24 heteroatoms. The maximum absolute atomic E-state index is 14.7. The molecule has 508 valence electrons. The van der Waals surface area contributed by atoms with Gasteiger partial charge in [-0.15, -0.1) is 0 Å².